The smallest absolute Gasteiger partial charge is 0.279 e. The zero-order valence-electron chi connectivity index (χ0n) is 12.7. The molecule has 0 bridgehead atoms. The second kappa shape index (κ2) is 7.31. The molecule has 22 heavy (non-hydrogen) atoms. The summed E-state index contributed by atoms with van der Waals surface area (Å²) in [7, 11) is 0. The fourth-order valence-corrected chi connectivity index (χ4v) is 4.58. The van der Waals surface area contributed by atoms with Gasteiger partial charge in [0.25, 0.3) is 5.91 Å². The molecule has 3 nitrogen and oxygen atoms in total. The van der Waals surface area contributed by atoms with Crippen molar-refractivity contribution in [3.8, 4) is 0 Å². The number of quaternary nitrogens is 1. The third-order valence-corrected chi connectivity index (χ3v) is 5.92. The lowest BCUT2D eigenvalue weighted by molar-refractivity contribution is -0.910. The van der Waals surface area contributed by atoms with Gasteiger partial charge in [-0.25, -0.2) is 0 Å². The second-order valence-electron chi connectivity index (χ2n) is 5.54. The summed E-state index contributed by atoms with van der Waals surface area (Å²) in [5.74, 6) is 0.111. The number of thioether (sulfide) groups is 1. The number of carbonyl (C=O) groups is 1. The maximum atomic E-state index is 12.4. The molecule has 3 rings (SSSR count). The minimum Gasteiger partial charge on any atom is -0.320 e. The molecule has 0 saturated carbocycles. The highest BCUT2D eigenvalue weighted by Gasteiger charge is 2.32. The van der Waals surface area contributed by atoms with Crippen LogP contribution in [-0.2, 0) is 4.79 Å². The Kier molecular flexibility index (Phi) is 5.18. The van der Waals surface area contributed by atoms with Crippen molar-refractivity contribution in [1.82, 2.24) is 0 Å². The number of amides is 1. The summed E-state index contributed by atoms with van der Waals surface area (Å²) in [6.45, 7) is 1.63. The minimum absolute atomic E-state index is 0.111. The lowest BCUT2D eigenvalue weighted by atomic mass is 10.2. The molecular weight excluding hydrogens is 312 g/mol. The number of hydrogen-bond acceptors (Lipinski definition) is 3. The molecule has 1 unspecified atom stereocenters. The zero-order valence-corrected chi connectivity index (χ0v) is 14.3. The van der Waals surface area contributed by atoms with E-state index >= 15 is 0 Å². The normalized spacial score (nSPS) is 21.0. The topological polar surface area (TPSA) is 33.5 Å². The molecule has 1 aliphatic rings. The van der Waals surface area contributed by atoms with Gasteiger partial charge >= 0.3 is 0 Å². The molecule has 2 aromatic rings. The van der Waals surface area contributed by atoms with Crippen molar-refractivity contribution in [3.63, 3.8) is 0 Å². The van der Waals surface area contributed by atoms with E-state index in [9.17, 15) is 4.79 Å². The van der Waals surface area contributed by atoms with Gasteiger partial charge in [-0.2, -0.15) is 0 Å². The molecule has 2 N–H and O–H groups in total. The third-order valence-electron chi connectivity index (χ3n) is 4.14. The van der Waals surface area contributed by atoms with E-state index in [-0.39, 0.29) is 5.91 Å². The molecule has 5 heteroatoms. The number of carbonyl (C=O) groups excluding carboxylic acids is 1. The predicted octanol–water partition coefficient (Wildman–Crippen LogP) is 2.83. The number of hydrogen-bond donors (Lipinski definition) is 2. The molecule has 1 aliphatic heterocycles. The Bertz CT molecular complexity index is 627. The molecule has 0 spiro atoms. The lowest BCUT2D eigenvalue weighted by Crippen LogP contribution is -3.11. The minimum atomic E-state index is 0.111. The van der Waals surface area contributed by atoms with E-state index in [0.29, 0.717) is 12.6 Å². The van der Waals surface area contributed by atoms with E-state index in [1.54, 1.807) is 23.1 Å². The van der Waals surface area contributed by atoms with Crippen molar-refractivity contribution in [1.29, 1.82) is 0 Å². The number of anilines is 1. The Balaban J connectivity index is 1.64. The Morgan fingerprint density at radius 1 is 1.36 bits per heavy atom. The summed E-state index contributed by atoms with van der Waals surface area (Å²) < 4.78 is 0. The van der Waals surface area contributed by atoms with E-state index in [1.165, 1.54) is 22.6 Å². The molecule has 2 atom stereocenters. The number of para-hydroxylation sites is 1. The number of likely N-dealkylation sites (tertiary alicyclic amines) is 1. The van der Waals surface area contributed by atoms with Crippen LogP contribution in [0.5, 0.6) is 0 Å². The van der Waals surface area contributed by atoms with Crippen molar-refractivity contribution in [2.24, 2.45) is 0 Å². The molecule has 1 aromatic carbocycles. The predicted molar refractivity (Wildman–Crippen MR) is 93.8 cm³/mol. The molecular formula is C17H21N2OS2+. The maximum Gasteiger partial charge on any atom is 0.279 e. The Morgan fingerprint density at radius 2 is 2.23 bits per heavy atom. The van der Waals surface area contributed by atoms with Crippen LogP contribution in [-0.4, -0.2) is 25.3 Å². The highest BCUT2D eigenvalue weighted by atomic mass is 32.2. The number of rotatable bonds is 5. The van der Waals surface area contributed by atoms with Gasteiger partial charge in [0.2, 0.25) is 0 Å². The molecule has 1 saturated heterocycles. The maximum absolute atomic E-state index is 12.4. The van der Waals surface area contributed by atoms with Crippen molar-refractivity contribution in [2.45, 2.75) is 23.8 Å². The number of thiophene rings is 1. The number of nitrogens with one attached hydrogen (secondary N) is 2. The van der Waals surface area contributed by atoms with Crippen LogP contribution < -0.4 is 10.2 Å². The Hall–Kier alpha value is -1.30. The molecule has 2 heterocycles. The van der Waals surface area contributed by atoms with Crippen LogP contribution in [0.4, 0.5) is 5.69 Å². The standard InChI is InChI=1S/C17H20N2OS2/c1-21-15-8-3-2-6-13(15)18-17(20)12-19-10-4-7-14(19)16-9-5-11-22-16/h2-3,5-6,8-9,11,14H,4,7,10,12H2,1H3,(H,18,20)/p+1/t14-/m1/s1. The summed E-state index contributed by atoms with van der Waals surface area (Å²) >= 11 is 3.46. The van der Waals surface area contributed by atoms with Crippen LogP contribution >= 0.6 is 23.1 Å². The Labute approximate surface area is 139 Å². The number of benzene rings is 1. The van der Waals surface area contributed by atoms with E-state index < -0.39 is 0 Å². The molecule has 0 aliphatic carbocycles. The average molecular weight is 334 g/mol. The van der Waals surface area contributed by atoms with Gasteiger partial charge < -0.3 is 10.2 Å². The summed E-state index contributed by atoms with van der Waals surface area (Å²) in [5, 5.41) is 5.20. The van der Waals surface area contributed by atoms with Gasteiger partial charge in [0.15, 0.2) is 6.54 Å². The van der Waals surface area contributed by atoms with Crippen molar-refractivity contribution in [3.05, 3.63) is 46.7 Å². The van der Waals surface area contributed by atoms with Crippen molar-refractivity contribution >= 4 is 34.7 Å². The fraction of sp³-hybridized carbons (Fsp3) is 0.353. The van der Waals surface area contributed by atoms with Gasteiger partial charge in [-0.05, 0) is 29.8 Å². The van der Waals surface area contributed by atoms with E-state index in [4.69, 9.17) is 0 Å². The highest BCUT2D eigenvalue weighted by molar-refractivity contribution is 7.98. The van der Waals surface area contributed by atoms with Gasteiger partial charge in [-0.15, -0.1) is 23.1 Å². The first-order valence-electron chi connectivity index (χ1n) is 7.59. The van der Waals surface area contributed by atoms with Gasteiger partial charge in [0.05, 0.1) is 17.1 Å². The molecule has 116 valence electrons. The van der Waals surface area contributed by atoms with Crippen molar-refractivity contribution < 1.29 is 9.69 Å². The summed E-state index contributed by atoms with van der Waals surface area (Å²) in [4.78, 5) is 16.3. The van der Waals surface area contributed by atoms with Crippen molar-refractivity contribution in [2.75, 3.05) is 24.7 Å². The van der Waals surface area contributed by atoms with Gasteiger partial charge in [-0.3, -0.25) is 4.79 Å². The van der Waals surface area contributed by atoms with Gasteiger partial charge in [-0.1, -0.05) is 18.2 Å². The molecule has 1 fully saturated rings. The molecule has 0 radical (unpaired) electrons. The quantitative estimate of drug-likeness (QED) is 0.825. The largest absolute Gasteiger partial charge is 0.320 e. The van der Waals surface area contributed by atoms with Gasteiger partial charge in [0, 0.05) is 17.7 Å². The lowest BCUT2D eigenvalue weighted by Gasteiger charge is -2.20. The first-order valence-corrected chi connectivity index (χ1v) is 9.69. The van der Waals surface area contributed by atoms with Crippen LogP contribution in [0, 0.1) is 0 Å². The summed E-state index contributed by atoms with van der Waals surface area (Å²) in [6, 6.07) is 12.8. The van der Waals surface area contributed by atoms with Crippen LogP contribution in [0.1, 0.15) is 23.8 Å². The van der Waals surface area contributed by atoms with Gasteiger partial charge in [0.1, 0.15) is 6.04 Å². The monoisotopic (exact) mass is 333 g/mol. The van der Waals surface area contributed by atoms with E-state index in [0.717, 1.165) is 17.1 Å². The average Bonchev–Trinajstić information content (AvgIpc) is 3.18. The van der Waals surface area contributed by atoms with E-state index in [2.05, 4.69) is 22.8 Å². The third kappa shape index (κ3) is 3.54. The SMILES string of the molecule is CSc1ccccc1NC(=O)C[NH+]1CCC[C@@H]1c1cccs1. The Morgan fingerprint density at radius 3 is 3.00 bits per heavy atom. The highest BCUT2D eigenvalue weighted by Crippen LogP contribution is 2.25. The zero-order chi connectivity index (χ0) is 15.4. The van der Waals surface area contributed by atoms with Crippen LogP contribution in [0.3, 0.4) is 0 Å². The molecule has 1 aromatic heterocycles. The summed E-state index contributed by atoms with van der Waals surface area (Å²) in [6.07, 6.45) is 4.42. The first kappa shape index (κ1) is 15.6. The van der Waals surface area contributed by atoms with Crippen LogP contribution in [0.15, 0.2) is 46.7 Å². The van der Waals surface area contributed by atoms with Crippen LogP contribution in [0.25, 0.3) is 0 Å². The first-order chi connectivity index (χ1) is 10.8. The van der Waals surface area contributed by atoms with E-state index in [1.807, 2.05) is 30.5 Å². The fourth-order valence-electron chi connectivity index (χ4n) is 3.10. The molecule has 1 amide bonds. The van der Waals surface area contributed by atoms with Crippen LogP contribution in [0.2, 0.25) is 0 Å². The summed E-state index contributed by atoms with van der Waals surface area (Å²) in [5.41, 5.74) is 0.922. The second-order valence-corrected chi connectivity index (χ2v) is 7.37.